The van der Waals surface area contributed by atoms with E-state index >= 15 is 0 Å². The molecule has 0 saturated carbocycles. The highest BCUT2D eigenvalue weighted by Gasteiger charge is 2.10. The fourth-order valence-electron chi connectivity index (χ4n) is 2.64. The van der Waals surface area contributed by atoms with Gasteiger partial charge >= 0.3 is 0 Å². The van der Waals surface area contributed by atoms with E-state index in [0.29, 0.717) is 5.02 Å². The molecule has 21 heavy (non-hydrogen) atoms. The summed E-state index contributed by atoms with van der Waals surface area (Å²) in [5, 5.41) is 21.8. The van der Waals surface area contributed by atoms with E-state index < -0.39 is 0 Å². The fourth-order valence-corrected chi connectivity index (χ4v) is 2.84. The maximum Gasteiger partial charge on any atom is 0.0688 e. The van der Waals surface area contributed by atoms with Gasteiger partial charge in [0.2, 0.25) is 0 Å². The third-order valence-electron chi connectivity index (χ3n) is 3.63. The number of aliphatic hydroxyl groups excluding tert-OH is 2. The summed E-state index contributed by atoms with van der Waals surface area (Å²) in [6.45, 7) is -0.0898. The van der Waals surface area contributed by atoms with Crippen molar-refractivity contribution in [2.75, 3.05) is 0 Å². The smallest absolute Gasteiger partial charge is 0.0688 e. The van der Waals surface area contributed by atoms with Crippen LogP contribution in [0.2, 0.25) is 5.02 Å². The van der Waals surface area contributed by atoms with Gasteiger partial charge in [-0.15, -0.1) is 0 Å². The molecule has 2 nitrogen and oxygen atoms in total. The van der Waals surface area contributed by atoms with Gasteiger partial charge in [-0.05, 0) is 57.3 Å². The largest absolute Gasteiger partial charge is 0.392 e. The molecule has 0 atom stereocenters. The van der Waals surface area contributed by atoms with E-state index in [9.17, 15) is 10.2 Å². The SMILES string of the molecule is OCc1cc(-c2ccc(Cl)cc2CO)c2ccccc2c1. The number of aliphatic hydroxyl groups is 2. The van der Waals surface area contributed by atoms with Crippen LogP contribution in [-0.2, 0) is 13.2 Å². The van der Waals surface area contributed by atoms with Crippen molar-refractivity contribution in [3.63, 3.8) is 0 Å². The molecule has 0 spiro atoms. The second kappa shape index (κ2) is 5.86. The lowest BCUT2D eigenvalue weighted by Gasteiger charge is -2.13. The molecule has 0 bridgehead atoms. The Bertz CT molecular complexity index is 796. The minimum atomic E-state index is -0.0758. The van der Waals surface area contributed by atoms with Crippen LogP contribution >= 0.6 is 11.6 Å². The van der Waals surface area contributed by atoms with Crippen LogP contribution in [0.1, 0.15) is 11.1 Å². The molecule has 0 aliphatic carbocycles. The third-order valence-corrected chi connectivity index (χ3v) is 3.87. The Labute approximate surface area is 128 Å². The molecule has 0 saturated heterocycles. The quantitative estimate of drug-likeness (QED) is 0.763. The van der Waals surface area contributed by atoms with E-state index in [0.717, 1.165) is 33.0 Å². The first-order valence-corrected chi connectivity index (χ1v) is 7.13. The summed E-state index contributed by atoms with van der Waals surface area (Å²) in [5.74, 6) is 0. The van der Waals surface area contributed by atoms with Crippen LogP contribution in [0.4, 0.5) is 0 Å². The summed E-state index contributed by atoms with van der Waals surface area (Å²) in [4.78, 5) is 0. The first kappa shape index (κ1) is 14.1. The minimum absolute atomic E-state index is 0.0140. The van der Waals surface area contributed by atoms with E-state index in [-0.39, 0.29) is 13.2 Å². The molecular formula is C18H15ClO2. The zero-order valence-electron chi connectivity index (χ0n) is 11.4. The predicted molar refractivity (Wildman–Crippen MR) is 86.2 cm³/mol. The maximum atomic E-state index is 9.59. The normalized spacial score (nSPS) is 11.0. The van der Waals surface area contributed by atoms with Gasteiger partial charge in [0.25, 0.3) is 0 Å². The van der Waals surface area contributed by atoms with Gasteiger partial charge in [0, 0.05) is 5.02 Å². The monoisotopic (exact) mass is 298 g/mol. The van der Waals surface area contributed by atoms with Gasteiger partial charge in [0.05, 0.1) is 13.2 Å². The van der Waals surface area contributed by atoms with E-state index in [4.69, 9.17) is 11.6 Å². The second-order valence-corrected chi connectivity index (χ2v) is 5.42. The molecule has 0 fully saturated rings. The molecular weight excluding hydrogens is 284 g/mol. The molecule has 0 aliphatic rings. The second-order valence-electron chi connectivity index (χ2n) is 4.98. The summed E-state index contributed by atoms with van der Waals surface area (Å²) >= 11 is 6.01. The first-order valence-electron chi connectivity index (χ1n) is 6.75. The lowest BCUT2D eigenvalue weighted by Crippen LogP contribution is -1.93. The van der Waals surface area contributed by atoms with Crippen LogP contribution in [0.3, 0.4) is 0 Å². The summed E-state index contributed by atoms with van der Waals surface area (Å²) in [6.07, 6.45) is 0. The molecule has 0 aromatic heterocycles. The highest BCUT2D eigenvalue weighted by atomic mass is 35.5. The van der Waals surface area contributed by atoms with E-state index in [1.807, 2.05) is 48.5 Å². The van der Waals surface area contributed by atoms with Crippen molar-refractivity contribution in [1.82, 2.24) is 0 Å². The van der Waals surface area contributed by atoms with E-state index in [2.05, 4.69) is 0 Å². The van der Waals surface area contributed by atoms with Crippen LogP contribution in [0.25, 0.3) is 21.9 Å². The molecule has 106 valence electrons. The van der Waals surface area contributed by atoms with Crippen LogP contribution < -0.4 is 0 Å². The standard InChI is InChI=1S/C18H15ClO2/c19-15-5-6-17(14(9-15)11-21)18-8-12(10-20)7-13-3-1-2-4-16(13)18/h1-9,20-21H,10-11H2. The Balaban J connectivity index is 2.33. The summed E-state index contributed by atoms with van der Waals surface area (Å²) in [5.41, 5.74) is 3.57. The highest BCUT2D eigenvalue weighted by Crippen LogP contribution is 2.33. The Kier molecular flexibility index (Phi) is 3.93. The molecule has 0 heterocycles. The number of fused-ring (bicyclic) bond motifs is 1. The summed E-state index contributed by atoms with van der Waals surface area (Å²) in [6, 6.07) is 17.5. The maximum absolute atomic E-state index is 9.59. The Morgan fingerprint density at radius 3 is 2.38 bits per heavy atom. The van der Waals surface area contributed by atoms with Crippen LogP contribution in [-0.4, -0.2) is 10.2 Å². The molecule has 0 amide bonds. The molecule has 3 heteroatoms. The van der Waals surface area contributed by atoms with Crippen LogP contribution in [0, 0.1) is 0 Å². The summed E-state index contributed by atoms with van der Waals surface area (Å²) in [7, 11) is 0. The molecule has 0 unspecified atom stereocenters. The van der Waals surface area contributed by atoms with E-state index in [1.165, 1.54) is 0 Å². The van der Waals surface area contributed by atoms with Gasteiger partial charge < -0.3 is 10.2 Å². The Hall–Kier alpha value is -1.87. The molecule has 3 rings (SSSR count). The average Bonchev–Trinajstić information content (AvgIpc) is 2.53. The lowest BCUT2D eigenvalue weighted by molar-refractivity contribution is 0.282. The van der Waals surface area contributed by atoms with Crippen molar-refractivity contribution in [1.29, 1.82) is 0 Å². The van der Waals surface area contributed by atoms with Crippen molar-refractivity contribution < 1.29 is 10.2 Å². The molecule has 2 N–H and O–H groups in total. The zero-order chi connectivity index (χ0) is 14.8. The van der Waals surface area contributed by atoms with Gasteiger partial charge in [-0.3, -0.25) is 0 Å². The molecule has 3 aromatic rings. The van der Waals surface area contributed by atoms with Gasteiger partial charge in [0.15, 0.2) is 0 Å². The number of hydrogen-bond acceptors (Lipinski definition) is 2. The molecule has 0 aliphatic heterocycles. The average molecular weight is 299 g/mol. The van der Waals surface area contributed by atoms with Crippen molar-refractivity contribution >= 4 is 22.4 Å². The number of benzene rings is 3. The van der Waals surface area contributed by atoms with Crippen LogP contribution in [0.5, 0.6) is 0 Å². The minimum Gasteiger partial charge on any atom is -0.392 e. The van der Waals surface area contributed by atoms with Crippen molar-refractivity contribution in [2.24, 2.45) is 0 Å². The highest BCUT2D eigenvalue weighted by molar-refractivity contribution is 6.30. The van der Waals surface area contributed by atoms with Gasteiger partial charge in [0.1, 0.15) is 0 Å². The van der Waals surface area contributed by atoms with Gasteiger partial charge in [-0.1, -0.05) is 41.9 Å². The number of hydrogen-bond donors (Lipinski definition) is 2. The first-order chi connectivity index (χ1) is 10.2. The number of halogens is 1. The van der Waals surface area contributed by atoms with Crippen LogP contribution in [0.15, 0.2) is 54.6 Å². The van der Waals surface area contributed by atoms with Crippen molar-refractivity contribution in [3.8, 4) is 11.1 Å². The van der Waals surface area contributed by atoms with Crippen molar-refractivity contribution in [3.05, 3.63) is 70.7 Å². The molecule has 3 aromatic carbocycles. The van der Waals surface area contributed by atoms with Gasteiger partial charge in [-0.25, -0.2) is 0 Å². The Morgan fingerprint density at radius 2 is 1.62 bits per heavy atom. The predicted octanol–water partition coefficient (Wildman–Crippen LogP) is 4.14. The van der Waals surface area contributed by atoms with Crippen molar-refractivity contribution in [2.45, 2.75) is 13.2 Å². The zero-order valence-corrected chi connectivity index (χ0v) is 12.1. The topological polar surface area (TPSA) is 40.5 Å². The van der Waals surface area contributed by atoms with Gasteiger partial charge in [-0.2, -0.15) is 0 Å². The molecule has 0 radical (unpaired) electrons. The Morgan fingerprint density at radius 1 is 0.810 bits per heavy atom. The number of rotatable bonds is 3. The fraction of sp³-hybridized carbons (Fsp3) is 0.111. The lowest BCUT2D eigenvalue weighted by atomic mass is 9.93. The third kappa shape index (κ3) is 2.66. The van der Waals surface area contributed by atoms with E-state index in [1.54, 1.807) is 6.07 Å². The summed E-state index contributed by atoms with van der Waals surface area (Å²) < 4.78 is 0.